The zero-order valence-electron chi connectivity index (χ0n) is 19.9. The Morgan fingerprint density at radius 2 is 0.972 bits per heavy atom. The molecule has 2 aromatic carbocycles. The van der Waals surface area contributed by atoms with E-state index in [1.807, 2.05) is 50.2 Å². The first-order valence-corrected chi connectivity index (χ1v) is 10.1. The summed E-state index contributed by atoms with van der Waals surface area (Å²) >= 11 is 0. The molecule has 0 atom stereocenters. The molecule has 4 rings (SSSR count). The van der Waals surface area contributed by atoms with Crippen LogP contribution in [-0.2, 0) is 17.1 Å². The number of rotatable bonds is 5. The van der Waals surface area contributed by atoms with E-state index >= 15 is 0 Å². The fourth-order valence-corrected chi connectivity index (χ4v) is 3.65. The Hall–Kier alpha value is -2.67. The molecule has 0 bridgehead atoms. The fraction of sp³-hybridized carbons (Fsp3) is 0.154. The number of aromatic hydroxyl groups is 2. The number of phenols is 2. The van der Waals surface area contributed by atoms with Crippen molar-refractivity contribution in [1.29, 1.82) is 0 Å². The van der Waals surface area contributed by atoms with Gasteiger partial charge in [0.2, 0.25) is 0 Å². The van der Waals surface area contributed by atoms with E-state index in [0.717, 1.165) is 22.3 Å². The van der Waals surface area contributed by atoms with Crippen LogP contribution in [0, 0.1) is 13.8 Å². The Balaban J connectivity index is 0.00000306. The number of hydrogen-bond acceptors (Lipinski definition) is 6. The summed E-state index contributed by atoms with van der Waals surface area (Å²) in [6, 6.07) is 14.9. The molecule has 0 fully saturated rings. The molecule has 0 unspecified atom stereocenters. The summed E-state index contributed by atoms with van der Waals surface area (Å²) in [5.41, 5.74) is 6.24. The number of methoxy groups -OCH3 is 2. The van der Waals surface area contributed by atoms with Crippen molar-refractivity contribution in [2.24, 2.45) is 0 Å². The van der Waals surface area contributed by atoms with Crippen LogP contribution in [0.1, 0.15) is 11.1 Å². The van der Waals surface area contributed by atoms with Crippen molar-refractivity contribution in [2.75, 3.05) is 14.2 Å². The van der Waals surface area contributed by atoms with Gasteiger partial charge >= 0.3 is 17.1 Å². The third-order valence-electron chi connectivity index (χ3n) is 5.29. The molecule has 190 valence electrons. The van der Waals surface area contributed by atoms with Crippen molar-refractivity contribution < 1.29 is 74.0 Å². The van der Waals surface area contributed by atoms with Crippen molar-refractivity contribution in [2.45, 2.75) is 13.8 Å². The van der Waals surface area contributed by atoms with E-state index in [0.29, 0.717) is 34.0 Å². The van der Waals surface area contributed by atoms with Crippen LogP contribution in [0.3, 0.4) is 0 Å². The zero-order valence-corrected chi connectivity index (χ0v) is 23.3. The Kier molecular flexibility index (Phi) is 13.1. The number of ether oxygens (including phenoxy) is 2. The van der Waals surface area contributed by atoms with E-state index in [2.05, 4.69) is 9.97 Å². The molecule has 36 heavy (non-hydrogen) atoms. The number of aryl methyl sites for hydroxylation is 2. The summed E-state index contributed by atoms with van der Waals surface area (Å²) in [6.07, 6.45) is 3.41. The average Bonchev–Trinajstić information content (AvgIpc) is 2.81. The molecule has 4 aromatic rings. The maximum Gasteiger partial charge on any atom is 3.00 e. The average molecular weight is 590 g/mol. The van der Waals surface area contributed by atoms with Gasteiger partial charge < -0.3 is 56.9 Å². The minimum absolute atomic E-state index is 0. The molecule has 0 amide bonds. The number of aromatic nitrogens is 2. The molecule has 0 spiro atoms. The smallest absolute Gasteiger partial charge is 1.00 e. The molecule has 0 aliphatic rings. The van der Waals surface area contributed by atoms with Gasteiger partial charge in [0.15, 0.2) is 23.0 Å². The van der Waals surface area contributed by atoms with Crippen LogP contribution in [0.15, 0.2) is 60.9 Å². The minimum Gasteiger partial charge on any atom is -1.00 e. The minimum atomic E-state index is 0. The van der Waals surface area contributed by atoms with Gasteiger partial charge in [-0.1, -0.05) is 12.1 Å². The predicted molar refractivity (Wildman–Crippen MR) is 124 cm³/mol. The van der Waals surface area contributed by atoms with Gasteiger partial charge in [0.1, 0.15) is 0 Å². The van der Waals surface area contributed by atoms with Gasteiger partial charge in [0.05, 0.1) is 25.6 Å². The first-order valence-electron chi connectivity index (χ1n) is 10.1. The first kappa shape index (κ1) is 33.3. The van der Waals surface area contributed by atoms with Gasteiger partial charge in [-0.15, -0.1) is 0 Å². The molecule has 2 N–H and O–H groups in total. The standard InChI is InChI=1S/C26H24N2O4.3ClH.Mn/c1-15-9-19(25(29)23(11-15)31-3)17-5-7-21(27-13-17)22-8-6-18(14-28-22)20-10-16(2)12-24(32-4)26(20)30;;;;/h5-14,29-30H,1-4H3;3*1H;/q;;;;+3/p-3. The number of pyridine rings is 2. The van der Waals surface area contributed by atoms with Gasteiger partial charge in [0, 0.05) is 34.6 Å². The maximum atomic E-state index is 10.5. The molecule has 0 aliphatic carbocycles. The van der Waals surface area contributed by atoms with E-state index in [1.54, 1.807) is 24.5 Å². The fourth-order valence-electron chi connectivity index (χ4n) is 3.65. The third kappa shape index (κ3) is 6.75. The SMILES string of the molecule is COc1cc(C)cc(-c2ccc(-c3ccc(-c4cc(C)cc(OC)c4O)cn3)nc2)c1O.[Cl-].[Cl-].[Cl-].[Mn+3]. The molecule has 0 saturated heterocycles. The number of halogens is 3. The van der Waals surface area contributed by atoms with Crippen LogP contribution < -0.4 is 46.7 Å². The quantitative estimate of drug-likeness (QED) is 0.236. The molecule has 6 nitrogen and oxygen atoms in total. The molecule has 10 heteroatoms. The van der Waals surface area contributed by atoms with Crippen molar-refractivity contribution in [3.8, 4) is 56.6 Å². The van der Waals surface area contributed by atoms with Gasteiger partial charge in [0.25, 0.3) is 0 Å². The molecule has 0 aliphatic heterocycles. The van der Waals surface area contributed by atoms with E-state index in [1.165, 1.54) is 14.2 Å². The van der Waals surface area contributed by atoms with E-state index < -0.39 is 0 Å². The van der Waals surface area contributed by atoms with Crippen molar-refractivity contribution in [3.05, 3.63) is 72.1 Å². The zero-order chi connectivity index (χ0) is 22.8. The summed E-state index contributed by atoms with van der Waals surface area (Å²) in [7, 11) is 3.06. The van der Waals surface area contributed by atoms with Crippen molar-refractivity contribution >= 4 is 0 Å². The maximum absolute atomic E-state index is 10.5. The summed E-state index contributed by atoms with van der Waals surface area (Å²) in [6.45, 7) is 3.89. The van der Waals surface area contributed by atoms with Crippen molar-refractivity contribution in [3.63, 3.8) is 0 Å². The topological polar surface area (TPSA) is 84.7 Å². The van der Waals surface area contributed by atoms with Gasteiger partial charge in [-0.2, -0.15) is 0 Å². The van der Waals surface area contributed by atoms with Gasteiger partial charge in [-0.3, -0.25) is 9.97 Å². The van der Waals surface area contributed by atoms with Crippen LogP contribution in [0.25, 0.3) is 33.6 Å². The van der Waals surface area contributed by atoms with Crippen LogP contribution >= 0.6 is 0 Å². The van der Waals surface area contributed by atoms with E-state index in [9.17, 15) is 10.2 Å². The summed E-state index contributed by atoms with van der Waals surface area (Å²) in [5, 5.41) is 21.0. The van der Waals surface area contributed by atoms with Crippen LogP contribution in [0.2, 0.25) is 0 Å². The number of nitrogens with zero attached hydrogens (tertiary/aromatic N) is 2. The van der Waals surface area contributed by atoms with Crippen molar-refractivity contribution in [1.82, 2.24) is 9.97 Å². The third-order valence-corrected chi connectivity index (χ3v) is 5.29. The Morgan fingerprint density at radius 3 is 1.25 bits per heavy atom. The van der Waals surface area contributed by atoms with Crippen LogP contribution in [0.5, 0.6) is 23.0 Å². The van der Waals surface area contributed by atoms with E-state index in [-0.39, 0.29) is 65.8 Å². The number of hydrogen-bond donors (Lipinski definition) is 2. The number of phenolic OH excluding ortho intramolecular Hbond substituents is 2. The molecular weight excluding hydrogens is 566 g/mol. The summed E-state index contributed by atoms with van der Waals surface area (Å²) < 4.78 is 10.5. The molecular formula is C26H24Cl3MnN2O4. The summed E-state index contributed by atoms with van der Waals surface area (Å²) in [5.74, 6) is 1.03. The second-order valence-electron chi connectivity index (χ2n) is 7.59. The molecule has 0 saturated carbocycles. The predicted octanol–water partition coefficient (Wildman–Crippen LogP) is -3.47. The van der Waals surface area contributed by atoms with E-state index in [4.69, 9.17) is 9.47 Å². The largest absolute Gasteiger partial charge is 3.00 e. The monoisotopic (exact) mass is 588 g/mol. The normalized spacial score (nSPS) is 9.56. The van der Waals surface area contributed by atoms with Crippen LogP contribution in [-0.4, -0.2) is 34.4 Å². The summed E-state index contributed by atoms with van der Waals surface area (Å²) in [4.78, 5) is 9.06. The number of benzene rings is 2. The van der Waals surface area contributed by atoms with Crippen LogP contribution in [0.4, 0.5) is 0 Å². The second kappa shape index (κ2) is 14.2. The Morgan fingerprint density at radius 1 is 0.611 bits per heavy atom. The molecule has 2 aromatic heterocycles. The Labute approximate surface area is 239 Å². The molecule has 2 heterocycles. The molecule has 0 radical (unpaired) electrons. The van der Waals surface area contributed by atoms with Gasteiger partial charge in [-0.05, 0) is 61.4 Å². The van der Waals surface area contributed by atoms with Gasteiger partial charge in [-0.25, -0.2) is 0 Å². The Bertz CT molecular complexity index is 1190. The first-order chi connectivity index (χ1) is 15.4. The second-order valence-corrected chi connectivity index (χ2v) is 7.59.